The van der Waals surface area contributed by atoms with Crippen LogP contribution in [0.5, 0.6) is 5.75 Å². The third-order valence-corrected chi connectivity index (χ3v) is 5.87. The predicted molar refractivity (Wildman–Crippen MR) is 106 cm³/mol. The summed E-state index contributed by atoms with van der Waals surface area (Å²) in [5.41, 5.74) is 3.35. The van der Waals surface area contributed by atoms with Crippen molar-refractivity contribution in [3.05, 3.63) is 74.6 Å². The molecule has 1 aromatic heterocycles. The molecule has 0 atom stereocenters. The topological polar surface area (TPSA) is 79.4 Å². The summed E-state index contributed by atoms with van der Waals surface area (Å²) in [4.78, 5) is 15.3. The number of imidazole rings is 1. The molecule has 0 amide bonds. The van der Waals surface area contributed by atoms with Gasteiger partial charge in [0.05, 0.1) is 17.2 Å². The summed E-state index contributed by atoms with van der Waals surface area (Å²) in [6.45, 7) is 2.39. The van der Waals surface area contributed by atoms with Crippen LogP contribution in [0.15, 0.2) is 47.9 Å². The first-order valence-corrected chi connectivity index (χ1v) is 9.83. The highest BCUT2D eigenvalue weighted by Gasteiger charge is 2.21. The van der Waals surface area contributed by atoms with Gasteiger partial charge in [0, 0.05) is 46.4 Å². The summed E-state index contributed by atoms with van der Waals surface area (Å²) >= 11 is 7.72. The number of aromatic nitrogens is 2. The third kappa shape index (κ3) is 3.58. The molecule has 0 bridgehead atoms. The van der Waals surface area contributed by atoms with Crippen LogP contribution in [0.3, 0.4) is 0 Å². The highest BCUT2D eigenvalue weighted by atomic mass is 35.5. The van der Waals surface area contributed by atoms with Crippen LogP contribution in [0.4, 0.5) is 5.69 Å². The van der Waals surface area contributed by atoms with Crippen molar-refractivity contribution in [1.29, 1.82) is 0 Å². The monoisotopic (exact) mass is 417 g/mol. The molecule has 2 aromatic carbocycles. The molecule has 0 saturated heterocycles. The Morgan fingerprint density at radius 2 is 2.25 bits per heavy atom. The smallest absolute Gasteiger partial charge is 0.270 e. The highest BCUT2D eigenvalue weighted by Crippen LogP contribution is 2.36. The van der Waals surface area contributed by atoms with E-state index in [1.165, 1.54) is 17.8 Å². The average Bonchev–Trinajstić information content (AvgIpc) is 3.16. The summed E-state index contributed by atoms with van der Waals surface area (Å²) in [5, 5.41) is 12.7. The molecular weight excluding hydrogens is 402 g/mol. The summed E-state index contributed by atoms with van der Waals surface area (Å²) in [7, 11) is 0. The lowest BCUT2D eigenvalue weighted by atomic mass is 10.1. The first-order valence-electron chi connectivity index (χ1n) is 8.47. The van der Waals surface area contributed by atoms with Crippen LogP contribution < -0.4 is 4.74 Å². The Bertz CT molecular complexity index is 1050. The number of fused-ring (bicyclic) bond motifs is 1. The van der Waals surface area contributed by atoms with E-state index in [1.54, 1.807) is 12.3 Å². The fourth-order valence-electron chi connectivity index (χ4n) is 3.07. The van der Waals surface area contributed by atoms with Crippen LogP contribution in [0.1, 0.15) is 16.7 Å². The number of hydrogen-bond acceptors (Lipinski definition) is 6. The molecule has 0 fully saturated rings. The van der Waals surface area contributed by atoms with Gasteiger partial charge in [-0.25, -0.2) is 4.98 Å². The number of non-ortho nitro benzene ring substituents is 1. The number of ether oxygens (including phenoxy) is 2. The number of nitrogens with zero attached hydrogens (tertiary/aromatic N) is 3. The van der Waals surface area contributed by atoms with Gasteiger partial charge in [0.1, 0.15) is 5.75 Å². The predicted octanol–water partition coefficient (Wildman–Crippen LogP) is 4.90. The van der Waals surface area contributed by atoms with Crippen LogP contribution in [0.25, 0.3) is 5.69 Å². The normalized spacial score (nSPS) is 13.1. The molecule has 3 aromatic rings. The Balaban J connectivity index is 1.65. The van der Waals surface area contributed by atoms with Gasteiger partial charge < -0.3 is 9.47 Å². The van der Waals surface area contributed by atoms with Gasteiger partial charge in [-0.2, -0.15) is 0 Å². The minimum absolute atomic E-state index is 0.0254. The second-order valence-electron chi connectivity index (χ2n) is 6.21. The quantitative estimate of drug-likeness (QED) is 0.333. The number of halogens is 1. The van der Waals surface area contributed by atoms with Gasteiger partial charge in [-0.1, -0.05) is 29.4 Å². The van der Waals surface area contributed by atoms with Crippen molar-refractivity contribution < 1.29 is 14.4 Å². The highest BCUT2D eigenvalue weighted by molar-refractivity contribution is 7.98. The molecule has 0 N–H and O–H groups in total. The van der Waals surface area contributed by atoms with Gasteiger partial charge in [0.15, 0.2) is 11.9 Å². The minimum Gasteiger partial charge on any atom is -0.467 e. The number of rotatable bonds is 5. The standard InChI is InChI=1S/C19H16ClN3O4S/c1-12-16(20)3-2-4-17(12)22-6-5-21-19(22)28-10-14-8-15(23(24)25)7-13-9-26-11-27-18(13)14/h2-8H,9-11H2,1H3. The first-order chi connectivity index (χ1) is 13.5. The molecule has 0 spiro atoms. The molecule has 0 aliphatic carbocycles. The molecular formula is C19H16ClN3O4S. The Kier molecular flexibility index (Phi) is 5.25. The van der Waals surface area contributed by atoms with Gasteiger partial charge in [-0.3, -0.25) is 14.7 Å². The van der Waals surface area contributed by atoms with E-state index in [4.69, 9.17) is 21.1 Å². The Morgan fingerprint density at radius 3 is 3.07 bits per heavy atom. The van der Waals surface area contributed by atoms with E-state index in [0.29, 0.717) is 28.7 Å². The maximum absolute atomic E-state index is 11.3. The third-order valence-electron chi connectivity index (χ3n) is 4.44. The van der Waals surface area contributed by atoms with Crippen molar-refractivity contribution in [2.75, 3.05) is 6.79 Å². The van der Waals surface area contributed by atoms with E-state index in [-0.39, 0.29) is 12.5 Å². The first kappa shape index (κ1) is 18.8. The lowest BCUT2D eigenvalue weighted by molar-refractivity contribution is -0.385. The van der Waals surface area contributed by atoms with Crippen LogP contribution in [0, 0.1) is 17.0 Å². The average molecular weight is 418 g/mol. The van der Waals surface area contributed by atoms with E-state index in [9.17, 15) is 10.1 Å². The zero-order valence-electron chi connectivity index (χ0n) is 14.9. The molecule has 28 heavy (non-hydrogen) atoms. The van der Waals surface area contributed by atoms with Crippen molar-refractivity contribution in [1.82, 2.24) is 9.55 Å². The van der Waals surface area contributed by atoms with E-state index >= 15 is 0 Å². The minimum atomic E-state index is -0.403. The number of benzene rings is 2. The fourth-order valence-corrected chi connectivity index (χ4v) is 4.17. The van der Waals surface area contributed by atoms with E-state index in [2.05, 4.69) is 4.98 Å². The SMILES string of the molecule is Cc1c(Cl)cccc1-n1ccnc1SCc1cc([N+](=O)[O-])cc2c1OCOC2. The molecule has 7 nitrogen and oxygen atoms in total. The van der Waals surface area contributed by atoms with Gasteiger partial charge in [0.2, 0.25) is 0 Å². The molecule has 1 aliphatic heterocycles. The molecule has 0 unspecified atom stereocenters. The molecule has 1 aliphatic rings. The summed E-state index contributed by atoms with van der Waals surface area (Å²) in [6.07, 6.45) is 3.59. The van der Waals surface area contributed by atoms with E-state index < -0.39 is 4.92 Å². The van der Waals surface area contributed by atoms with E-state index in [0.717, 1.165) is 22.0 Å². The lowest BCUT2D eigenvalue weighted by Gasteiger charge is -2.20. The number of nitro groups is 1. The Hall–Kier alpha value is -2.55. The lowest BCUT2D eigenvalue weighted by Crippen LogP contribution is -2.13. The van der Waals surface area contributed by atoms with Gasteiger partial charge >= 0.3 is 0 Å². The van der Waals surface area contributed by atoms with Crippen molar-refractivity contribution in [2.45, 2.75) is 24.4 Å². The van der Waals surface area contributed by atoms with Crippen molar-refractivity contribution in [3.63, 3.8) is 0 Å². The Morgan fingerprint density at radius 1 is 1.39 bits per heavy atom. The van der Waals surface area contributed by atoms with Crippen LogP contribution in [-0.2, 0) is 17.1 Å². The molecule has 9 heteroatoms. The van der Waals surface area contributed by atoms with Gasteiger partial charge in [-0.15, -0.1) is 0 Å². The van der Waals surface area contributed by atoms with Crippen LogP contribution in [-0.4, -0.2) is 21.3 Å². The summed E-state index contributed by atoms with van der Waals surface area (Å²) in [6, 6.07) is 8.76. The maximum atomic E-state index is 11.3. The van der Waals surface area contributed by atoms with Crippen LogP contribution >= 0.6 is 23.4 Å². The zero-order chi connectivity index (χ0) is 19.7. The van der Waals surface area contributed by atoms with Crippen molar-refractivity contribution >= 4 is 29.1 Å². The van der Waals surface area contributed by atoms with Gasteiger partial charge in [-0.05, 0) is 24.6 Å². The second kappa shape index (κ2) is 7.83. The fraction of sp³-hybridized carbons (Fsp3) is 0.211. The Labute approximate surface area is 170 Å². The zero-order valence-corrected chi connectivity index (χ0v) is 16.5. The number of hydrogen-bond donors (Lipinski definition) is 0. The summed E-state index contributed by atoms with van der Waals surface area (Å²) in [5.74, 6) is 1.13. The van der Waals surface area contributed by atoms with Crippen LogP contribution in [0.2, 0.25) is 5.02 Å². The molecule has 0 radical (unpaired) electrons. The van der Waals surface area contributed by atoms with E-state index in [1.807, 2.05) is 35.9 Å². The van der Waals surface area contributed by atoms with Crippen molar-refractivity contribution in [2.24, 2.45) is 0 Å². The molecule has 0 saturated carbocycles. The number of thioether (sulfide) groups is 1. The van der Waals surface area contributed by atoms with Crippen molar-refractivity contribution in [3.8, 4) is 11.4 Å². The molecule has 4 rings (SSSR count). The molecule has 2 heterocycles. The molecule has 144 valence electrons. The number of nitro benzene ring substituents is 1. The summed E-state index contributed by atoms with van der Waals surface area (Å²) < 4.78 is 12.8. The second-order valence-corrected chi connectivity index (χ2v) is 7.56. The maximum Gasteiger partial charge on any atom is 0.270 e. The van der Waals surface area contributed by atoms with Gasteiger partial charge in [0.25, 0.3) is 5.69 Å². The largest absolute Gasteiger partial charge is 0.467 e.